The van der Waals surface area contributed by atoms with Gasteiger partial charge in [0.2, 0.25) is 0 Å². The molecule has 0 spiro atoms. The second kappa shape index (κ2) is 5.88. The van der Waals surface area contributed by atoms with Crippen LogP contribution in [-0.2, 0) is 4.79 Å². The Morgan fingerprint density at radius 3 is 2.60 bits per heavy atom. The standard InChI is InChI=1S/C7H10N2O/c1-7(10)5-3-4-6-9-8-2/h3-6H,1-2H3/b5-3+,6-4-,9-8?. The minimum atomic E-state index is 0.0260. The van der Waals surface area contributed by atoms with Gasteiger partial charge in [-0.3, -0.25) is 4.79 Å². The van der Waals surface area contributed by atoms with Gasteiger partial charge in [0.25, 0.3) is 0 Å². The van der Waals surface area contributed by atoms with E-state index in [0.29, 0.717) is 0 Å². The van der Waals surface area contributed by atoms with Crippen molar-refractivity contribution < 1.29 is 4.79 Å². The summed E-state index contributed by atoms with van der Waals surface area (Å²) in [4.78, 5) is 10.3. The molecule has 0 saturated carbocycles. The molecule has 0 radical (unpaired) electrons. The van der Waals surface area contributed by atoms with Gasteiger partial charge < -0.3 is 0 Å². The van der Waals surface area contributed by atoms with Gasteiger partial charge in [0.15, 0.2) is 5.78 Å². The second-order valence-corrected chi connectivity index (χ2v) is 1.63. The molecule has 0 bridgehead atoms. The predicted molar refractivity (Wildman–Crippen MR) is 39.7 cm³/mol. The first-order valence-corrected chi connectivity index (χ1v) is 2.90. The summed E-state index contributed by atoms with van der Waals surface area (Å²) in [5.41, 5.74) is 0. The second-order valence-electron chi connectivity index (χ2n) is 1.63. The highest BCUT2D eigenvalue weighted by Crippen LogP contribution is 1.80. The molecule has 0 fully saturated rings. The van der Waals surface area contributed by atoms with Crippen molar-refractivity contribution in [1.82, 2.24) is 0 Å². The Morgan fingerprint density at radius 1 is 1.40 bits per heavy atom. The van der Waals surface area contributed by atoms with E-state index in [-0.39, 0.29) is 5.78 Å². The van der Waals surface area contributed by atoms with Crippen LogP contribution in [0.15, 0.2) is 34.7 Å². The summed E-state index contributed by atoms with van der Waals surface area (Å²) < 4.78 is 0. The van der Waals surface area contributed by atoms with Crippen molar-refractivity contribution in [2.24, 2.45) is 10.2 Å². The van der Waals surface area contributed by atoms with E-state index in [9.17, 15) is 4.79 Å². The lowest BCUT2D eigenvalue weighted by atomic mass is 10.4. The molecule has 0 aromatic carbocycles. The van der Waals surface area contributed by atoms with Crippen molar-refractivity contribution in [3.05, 3.63) is 24.4 Å². The van der Waals surface area contributed by atoms with Gasteiger partial charge in [-0.05, 0) is 19.1 Å². The van der Waals surface area contributed by atoms with E-state index in [1.165, 1.54) is 19.2 Å². The lowest BCUT2D eigenvalue weighted by Crippen LogP contribution is -1.77. The van der Waals surface area contributed by atoms with Crippen LogP contribution in [-0.4, -0.2) is 12.8 Å². The largest absolute Gasteiger partial charge is 0.295 e. The predicted octanol–water partition coefficient (Wildman–Crippen LogP) is 1.73. The Bertz CT molecular complexity index is 180. The van der Waals surface area contributed by atoms with Crippen molar-refractivity contribution in [2.75, 3.05) is 7.05 Å². The van der Waals surface area contributed by atoms with Gasteiger partial charge in [-0.1, -0.05) is 6.08 Å². The zero-order valence-corrected chi connectivity index (χ0v) is 6.11. The molecule has 3 nitrogen and oxygen atoms in total. The number of azo groups is 1. The molecule has 0 aliphatic heterocycles. The maximum atomic E-state index is 10.3. The van der Waals surface area contributed by atoms with Crippen molar-refractivity contribution in [2.45, 2.75) is 6.92 Å². The maximum absolute atomic E-state index is 10.3. The van der Waals surface area contributed by atoms with Crippen molar-refractivity contribution in [3.8, 4) is 0 Å². The third kappa shape index (κ3) is 6.75. The van der Waals surface area contributed by atoms with Crippen LogP contribution in [0.3, 0.4) is 0 Å². The molecule has 0 aliphatic carbocycles. The van der Waals surface area contributed by atoms with E-state index >= 15 is 0 Å². The van der Waals surface area contributed by atoms with Gasteiger partial charge >= 0.3 is 0 Å². The summed E-state index contributed by atoms with van der Waals surface area (Å²) in [5, 5.41) is 7.02. The molecule has 3 heteroatoms. The van der Waals surface area contributed by atoms with Crippen LogP contribution in [0.25, 0.3) is 0 Å². The first kappa shape index (κ1) is 8.75. The Kier molecular flexibility index (Phi) is 5.14. The van der Waals surface area contributed by atoms with E-state index in [1.54, 1.807) is 19.2 Å². The summed E-state index contributed by atoms with van der Waals surface area (Å²) in [6.07, 6.45) is 6.24. The molecule has 0 N–H and O–H groups in total. The van der Waals surface area contributed by atoms with Crippen molar-refractivity contribution in [1.29, 1.82) is 0 Å². The number of allylic oxidation sites excluding steroid dienone is 3. The SMILES string of the molecule is CN=N/C=C\C=C\C(C)=O. The fourth-order valence-corrected chi connectivity index (χ4v) is 0.346. The van der Waals surface area contributed by atoms with E-state index in [1.807, 2.05) is 0 Å². The lowest BCUT2D eigenvalue weighted by Gasteiger charge is -1.73. The van der Waals surface area contributed by atoms with Crippen LogP contribution in [0.5, 0.6) is 0 Å². The van der Waals surface area contributed by atoms with Gasteiger partial charge in [0.05, 0.1) is 0 Å². The Labute approximate surface area is 60.2 Å². The van der Waals surface area contributed by atoms with Crippen molar-refractivity contribution >= 4 is 5.78 Å². The molecule has 0 rings (SSSR count). The van der Waals surface area contributed by atoms with Crippen LogP contribution >= 0.6 is 0 Å². The Hall–Kier alpha value is -1.25. The highest BCUT2D eigenvalue weighted by Gasteiger charge is 1.75. The quantitative estimate of drug-likeness (QED) is 0.332. The minimum absolute atomic E-state index is 0.0260. The molecule has 54 valence electrons. The van der Waals surface area contributed by atoms with Gasteiger partial charge in [0, 0.05) is 13.2 Å². The highest BCUT2D eigenvalue weighted by atomic mass is 16.1. The topological polar surface area (TPSA) is 41.8 Å². The third-order valence-electron chi connectivity index (χ3n) is 0.710. The molecule has 0 amide bonds. The maximum Gasteiger partial charge on any atom is 0.152 e. The van der Waals surface area contributed by atoms with Gasteiger partial charge in [0.1, 0.15) is 0 Å². The Morgan fingerprint density at radius 2 is 2.10 bits per heavy atom. The van der Waals surface area contributed by atoms with E-state index in [0.717, 1.165) is 0 Å². The van der Waals surface area contributed by atoms with Gasteiger partial charge in [-0.25, -0.2) is 0 Å². The molecule has 0 aromatic rings. The number of hydrogen-bond donors (Lipinski definition) is 0. The highest BCUT2D eigenvalue weighted by molar-refractivity contribution is 5.87. The number of ketones is 1. The monoisotopic (exact) mass is 138 g/mol. The summed E-state index contributed by atoms with van der Waals surface area (Å²) in [6, 6.07) is 0. The summed E-state index contributed by atoms with van der Waals surface area (Å²) in [5.74, 6) is 0.0260. The molecule has 10 heavy (non-hydrogen) atoms. The molecule has 0 unspecified atom stereocenters. The minimum Gasteiger partial charge on any atom is -0.295 e. The smallest absolute Gasteiger partial charge is 0.152 e. The molecule has 0 heterocycles. The van der Waals surface area contributed by atoms with Crippen LogP contribution in [0.4, 0.5) is 0 Å². The zero-order valence-electron chi connectivity index (χ0n) is 6.11. The summed E-state index contributed by atoms with van der Waals surface area (Å²) in [7, 11) is 1.58. The average molecular weight is 138 g/mol. The van der Waals surface area contributed by atoms with E-state index < -0.39 is 0 Å². The normalized spacial score (nSPS) is 12.2. The molecule has 0 saturated heterocycles. The molecule has 0 aliphatic rings. The molecular weight excluding hydrogens is 128 g/mol. The van der Waals surface area contributed by atoms with Crippen LogP contribution < -0.4 is 0 Å². The van der Waals surface area contributed by atoms with Crippen LogP contribution in [0, 0.1) is 0 Å². The average Bonchev–Trinajstić information content (AvgIpc) is 1.87. The molecule has 0 aromatic heterocycles. The van der Waals surface area contributed by atoms with E-state index in [4.69, 9.17) is 0 Å². The number of carbonyl (C=O) groups excluding carboxylic acids is 1. The third-order valence-corrected chi connectivity index (χ3v) is 0.710. The lowest BCUT2D eigenvalue weighted by molar-refractivity contribution is -0.112. The van der Waals surface area contributed by atoms with E-state index in [2.05, 4.69) is 10.2 Å². The number of nitrogens with zero attached hydrogens (tertiary/aromatic N) is 2. The van der Waals surface area contributed by atoms with Gasteiger partial charge in [-0.15, -0.1) is 0 Å². The Balaban J connectivity index is 3.62. The molecular formula is C7H10N2O. The van der Waals surface area contributed by atoms with Crippen LogP contribution in [0.2, 0.25) is 0 Å². The molecule has 0 atom stereocenters. The fraction of sp³-hybridized carbons (Fsp3) is 0.286. The number of carbonyl (C=O) groups is 1. The summed E-state index contributed by atoms with van der Waals surface area (Å²) >= 11 is 0. The summed E-state index contributed by atoms with van der Waals surface area (Å²) in [6.45, 7) is 1.49. The number of hydrogen-bond acceptors (Lipinski definition) is 3. The zero-order chi connectivity index (χ0) is 7.82. The first-order valence-electron chi connectivity index (χ1n) is 2.90. The van der Waals surface area contributed by atoms with Crippen molar-refractivity contribution in [3.63, 3.8) is 0 Å². The van der Waals surface area contributed by atoms with Crippen LogP contribution in [0.1, 0.15) is 6.92 Å². The fourth-order valence-electron chi connectivity index (χ4n) is 0.346. The number of rotatable bonds is 3. The van der Waals surface area contributed by atoms with Gasteiger partial charge in [-0.2, -0.15) is 10.2 Å². The first-order chi connectivity index (χ1) is 4.77.